The van der Waals surface area contributed by atoms with Crippen LogP contribution in [0.5, 0.6) is 0 Å². The van der Waals surface area contributed by atoms with Gasteiger partial charge in [-0.2, -0.15) is 0 Å². The predicted octanol–water partition coefficient (Wildman–Crippen LogP) is 6.96. The monoisotopic (exact) mass is 320 g/mol. The summed E-state index contributed by atoms with van der Waals surface area (Å²) < 4.78 is 0. The lowest BCUT2D eigenvalue weighted by molar-refractivity contribution is 0.0492. The molecule has 4 atom stereocenters. The van der Waals surface area contributed by atoms with Gasteiger partial charge in [-0.1, -0.05) is 66.7 Å². The molecular formula is C21H37P. The van der Waals surface area contributed by atoms with Crippen molar-refractivity contribution >= 4 is 7.92 Å². The van der Waals surface area contributed by atoms with Crippen molar-refractivity contribution in [2.45, 2.75) is 114 Å². The van der Waals surface area contributed by atoms with E-state index in [0.29, 0.717) is 13.3 Å². The maximum atomic E-state index is 2.69. The summed E-state index contributed by atoms with van der Waals surface area (Å²) in [6.45, 7) is 5.37. The van der Waals surface area contributed by atoms with E-state index in [2.05, 4.69) is 13.8 Å². The minimum absolute atomic E-state index is 0.337. The van der Waals surface area contributed by atoms with E-state index in [-0.39, 0.29) is 0 Å². The van der Waals surface area contributed by atoms with Crippen LogP contribution in [0.3, 0.4) is 0 Å². The lowest BCUT2D eigenvalue weighted by Gasteiger charge is -2.62. The van der Waals surface area contributed by atoms with E-state index < -0.39 is 0 Å². The van der Waals surface area contributed by atoms with Crippen molar-refractivity contribution in [2.24, 2.45) is 17.3 Å². The smallest absolute Gasteiger partial charge is 0.0171 e. The van der Waals surface area contributed by atoms with Crippen molar-refractivity contribution < 1.29 is 0 Å². The Morgan fingerprint density at radius 2 is 1.05 bits per heavy atom. The highest BCUT2D eigenvalue weighted by Crippen LogP contribution is 2.72. The second-order valence-electron chi connectivity index (χ2n) is 9.48. The third-order valence-electron chi connectivity index (χ3n) is 8.13. The van der Waals surface area contributed by atoms with Crippen LogP contribution >= 0.6 is 7.92 Å². The van der Waals surface area contributed by atoms with Gasteiger partial charge in [-0.25, -0.2) is 0 Å². The van der Waals surface area contributed by atoms with Crippen LogP contribution in [0.4, 0.5) is 0 Å². The van der Waals surface area contributed by atoms with Gasteiger partial charge in [0.2, 0.25) is 0 Å². The van der Waals surface area contributed by atoms with Crippen LogP contribution in [0.25, 0.3) is 0 Å². The third kappa shape index (κ3) is 2.60. The molecule has 0 radical (unpaired) electrons. The van der Waals surface area contributed by atoms with Gasteiger partial charge < -0.3 is 0 Å². The van der Waals surface area contributed by atoms with Gasteiger partial charge in [0.05, 0.1) is 0 Å². The van der Waals surface area contributed by atoms with E-state index in [1.807, 2.05) is 0 Å². The summed E-state index contributed by atoms with van der Waals surface area (Å²) in [7, 11) is 0.337. The summed E-state index contributed by atoms with van der Waals surface area (Å²) in [6.07, 6.45) is 20.4. The Hall–Kier alpha value is 0.430. The maximum Gasteiger partial charge on any atom is -0.0171 e. The standard InChI is InChI=1S/C21H37P/c1-21(2)17-12-6-8-14-19(17)22(16-10-4-3-5-11-16)20-15-9-7-13-18(20)21/h16-20H,3-15H2,1-2H3. The fourth-order valence-electron chi connectivity index (χ4n) is 7.11. The van der Waals surface area contributed by atoms with Crippen molar-refractivity contribution in [2.75, 3.05) is 0 Å². The van der Waals surface area contributed by atoms with E-state index in [1.165, 1.54) is 36.2 Å². The quantitative estimate of drug-likeness (QED) is 0.458. The lowest BCUT2D eigenvalue weighted by atomic mass is 9.60. The minimum atomic E-state index is 0.337. The summed E-state index contributed by atoms with van der Waals surface area (Å²) in [5.74, 6) is 2.18. The molecule has 4 rings (SSSR count). The van der Waals surface area contributed by atoms with Gasteiger partial charge in [-0.3, -0.25) is 0 Å². The van der Waals surface area contributed by atoms with E-state index >= 15 is 0 Å². The third-order valence-corrected chi connectivity index (χ3v) is 12.3. The SMILES string of the molecule is CC1(C)C2CCCCC2P(C2CCCCC2)C2CCCCC21. The normalized spacial score (nSPS) is 45.8. The average molecular weight is 321 g/mol. The van der Waals surface area contributed by atoms with Crippen molar-refractivity contribution in [3.8, 4) is 0 Å². The van der Waals surface area contributed by atoms with E-state index in [9.17, 15) is 0 Å². The first kappa shape index (κ1) is 15.9. The second-order valence-corrected chi connectivity index (χ2v) is 12.4. The van der Waals surface area contributed by atoms with Crippen LogP contribution in [-0.2, 0) is 0 Å². The molecule has 0 amide bonds. The Morgan fingerprint density at radius 3 is 1.59 bits per heavy atom. The van der Waals surface area contributed by atoms with Crippen LogP contribution in [0, 0.1) is 17.3 Å². The molecular weight excluding hydrogens is 283 g/mol. The Bertz CT molecular complexity index is 355. The van der Waals surface area contributed by atoms with Gasteiger partial charge in [-0.05, 0) is 72.8 Å². The van der Waals surface area contributed by atoms with Gasteiger partial charge in [0.1, 0.15) is 0 Å². The van der Waals surface area contributed by atoms with Crippen molar-refractivity contribution in [3.63, 3.8) is 0 Å². The Kier molecular flexibility index (Phi) is 4.62. The Labute approximate surface area is 140 Å². The zero-order valence-corrected chi connectivity index (χ0v) is 15.9. The molecule has 0 spiro atoms. The summed E-state index contributed by atoms with van der Waals surface area (Å²) in [5.41, 5.74) is 4.17. The highest BCUT2D eigenvalue weighted by Gasteiger charge is 2.55. The zero-order chi connectivity index (χ0) is 15.2. The first-order chi connectivity index (χ1) is 10.7. The van der Waals surface area contributed by atoms with Crippen LogP contribution in [-0.4, -0.2) is 17.0 Å². The molecule has 0 bridgehead atoms. The first-order valence-corrected chi connectivity index (χ1v) is 12.0. The fourth-order valence-corrected chi connectivity index (χ4v) is 12.5. The van der Waals surface area contributed by atoms with E-state index in [0.717, 1.165) is 11.8 Å². The van der Waals surface area contributed by atoms with Gasteiger partial charge in [0, 0.05) is 0 Å². The largest absolute Gasteiger partial charge is 0.0965 e. The molecule has 0 aromatic rings. The molecule has 0 nitrogen and oxygen atoms in total. The maximum absolute atomic E-state index is 2.69. The molecule has 0 aromatic heterocycles. The Morgan fingerprint density at radius 1 is 0.591 bits per heavy atom. The van der Waals surface area contributed by atoms with Crippen molar-refractivity contribution in [1.29, 1.82) is 0 Å². The molecule has 3 saturated carbocycles. The van der Waals surface area contributed by atoms with Crippen LogP contribution in [0.2, 0.25) is 0 Å². The zero-order valence-electron chi connectivity index (χ0n) is 15.0. The fraction of sp³-hybridized carbons (Fsp3) is 1.00. The van der Waals surface area contributed by atoms with Gasteiger partial charge >= 0.3 is 0 Å². The molecule has 3 aliphatic carbocycles. The lowest BCUT2D eigenvalue weighted by Crippen LogP contribution is -2.52. The van der Waals surface area contributed by atoms with Crippen molar-refractivity contribution in [1.82, 2.24) is 0 Å². The first-order valence-electron chi connectivity index (χ1n) is 10.5. The van der Waals surface area contributed by atoms with E-state index in [1.54, 1.807) is 64.2 Å². The summed E-state index contributed by atoms with van der Waals surface area (Å²) >= 11 is 0. The molecule has 4 aliphatic rings. The number of fused-ring (bicyclic) bond motifs is 2. The highest BCUT2D eigenvalue weighted by atomic mass is 31.1. The number of hydrogen-bond acceptors (Lipinski definition) is 0. The van der Waals surface area contributed by atoms with Gasteiger partial charge in [0.25, 0.3) is 0 Å². The Balaban J connectivity index is 1.67. The molecule has 0 aromatic carbocycles. The number of hydrogen-bond donors (Lipinski definition) is 0. The molecule has 4 unspecified atom stereocenters. The molecule has 1 heterocycles. The second kappa shape index (κ2) is 6.38. The molecule has 126 valence electrons. The predicted molar refractivity (Wildman–Crippen MR) is 99.1 cm³/mol. The highest BCUT2D eigenvalue weighted by molar-refractivity contribution is 7.60. The molecule has 4 fully saturated rings. The molecule has 0 N–H and O–H groups in total. The van der Waals surface area contributed by atoms with Gasteiger partial charge in [0.15, 0.2) is 0 Å². The average Bonchev–Trinajstić information content (AvgIpc) is 2.56. The molecule has 22 heavy (non-hydrogen) atoms. The summed E-state index contributed by atoms with van der Waals surface area (Å²) in [4.78, 5) is 0. The van der Waals surface area contributed by atoms with Crippen LogP contribution in [0.1, 0.15) is 97.3 Å². The minimum Gasteiger partial charge on any atom is -0.0965 e. The molecule has 1 heteroatoms. The summed E-state index contributed by atoms with van der Waals surface area (Å²) in [5, 5.41) is 0. The topological polar surface area (TPSA) is 0 Å². The molecule has 1 saturated heterocycles. The summed E-state index contributed by atoms with van der Waals surface area (Å²) in [6, 6.07) is 0. The van der Waals surface area contributed by atoms with E-state index in [4.69, 9.17) is 0 Å². The molecule has 1 aliphatic heterocycles. The van der Waals surface area contributed by atoms with Gasteiger partial charge in [-0.15, -0.1) is 0 Å². The number of rotatable bonds is 1. The van der Waals surface area contributed by atoms with Crippen LogP contribution in [0.15, 0.2) is 0 Å². The van der Waals surface area contributed by atoms with Crippen LogP contribution < -0.4 is 0 Å². The van der Waals surface area contributed by atoms with Crippen molar-refractivity contribution in [3.05, 3.63) is 0 Å².